The number of nitrogens with zero attached hydrogens (tertiary/aromatic N) is 4. The molecule has 3 N–H and O–H groups in total. The van der Waals surface area contributed by atoms with Crippen LogP contribution in [0.1, 0.15) is 22.9 Å². The number of benzene rings is 2. The van der Waals surface area contributed by atoms with E-state index in [1.807, 2.05) is 48.5 Å². The number of hydrogen-bond acceptors (Lipinski definition) is 8. The summed E-state index contributed by atoms with van der Waals surface area (Å²) in [6, 6.07) is 17.7. The van der Waals surface area contributed by atoms with Gasteiger partial charge in [0.15, 0.2) is 12.1 Å². The standard InChI is InChI=1S/C24H23N5O4/c1-32-17-9-5-15(6-10-17)21(16-7-11-18(33-2)12-8-16)29-23(20-4-3-13-27-28-20)26-14-19(22(25)30)24(29)31/h3-14,21,24,31H,1-2H3,(H2,25,30). The van der Waals surface area contributed by atoms with Gasteiger partial charge in [-0.25, -0.2) is 4.99 Å². The monoisotopic (exact) mass is 445 g/mol. The Morgan fingerprint density at radius 1 is 1.00 bits per heavy atom. The molecule has 1 atom stereocenters. The van der Waals surface area contributed by atoms with Gasteiger partial charge in [-0.2, -0.15) is 5.10 Å². The number of carbonyl (C=O) groups is 1. The largest absolute Gasteiger partial charge is 0.497 e. The second-order valence-electron chi connectivity index (χ2n) is 7.24. The number of hydrogen-bond donors (Lipinski definition) is 2. The van der Waals surface area contributed by atoms with Gasteiger partial charge in [0.1, 0.15) is 17.2 Å². The molecule has 0 saturated carbocycles. The molecule has 9 nitrogen and oxygen atoms in total. The maximum atomic E-state index is 12.1. The lowest BCUT2D eigenvalue weighted by Gasteiger charge is -2.40. The van der Waals surface area contributed by atoms with Crippen LogP contribution in [0.15, 0.2) is 83.6 Å². The number of amides is 1. The fourth-order valence-corrected chi connectivity index (χ4v) is 3.69. The number of methoxy groups -OCH3 is 2. The summed E-state index contributed by atoms with van der Waals surface area (Å²) in [6.45, 7) is 0. The average molecular weight is 445 g/mol. The highest BCUT2D eigenvalue weighted by Gasteiger charge is 2.37. The van der Waals surface area contributed by atoms with Gasteiger partial charge in [-0.3, -0.25) is 4.79 Å². The number of aliphatic hydroxyl groups excluding tert-OH is 1. The van der Waals surface area contributed by atoms with Crippen LogP contribution >= 0.6 is 0 Å². The van der Waals surface area contributed by atoms with Crippen LogP contribution in [0.3, 0.4) is 0 Å². The third-order valence-corrected chi connectivity index (χ3v) is 5.34. The molecule has 2 aromatic carbocycles. The molecule has 2 heterocycles. The molecule has 0 fully saturated rings. The molecule has 1 aromatic heterocycles. The van der Waals surface area contributed by atoms with Gasteiger partial charge >= 0.3 is 0 Å². The maximum Gasteiger partial charge on any atom is 0.250 e. The molecule has 4 rings (SSSR count). The van der Waals surface area contributed by atoms with Crippen molar-refractivity contribution in [2.75, 3.05) is 14.2 Å². The number of amidine groups is 1. The predicted octanol–water partition coefficient (Wildman–Crippen LogP) is 2.03. The molecule has 33 heavy (non-hydrogen) atoms. The first kappa shape index (κ1) is 22.0. The molecular formula is C24H23N5O4. The van der Waals surface area contributed by atoms with Gasteiger partial charge in [-0.05, 0) is 47.5 Å². The SMILES string of the molecule is COc1ccc(C(c2ccc(OC)cc2)N2C(c3cccnn3)=NC=C(C(N)=O)C2O)cc1. The van der Waals surface area contributed by atoms with Crippen molar-refractivity contribution in [3.63, 3.8) is 0 Å². The third-order valence-electron chi connectivity index (χ3n) is 5.34. The van der Waals surface area contributed by atoms with E-state index in [0.29, 0.717) is 23.0 Å². The van der Waals surface area contributed by atoms with Crippen LogP contribution in [0.4, 0.5) is 0 Å². The summed E-state index contributed by atoms with van der Waals surface area (Å²) < 4.78 is 10.6. The van der Waals surface area contributed by atoms with E-state index in [0.717, 1.165) is 11.1 Å². The lowest BCUT2D eigenvalue weighted by Crippen LogP contribution is -2.48. The predicted molar refractivity (Wildman–Crippen MR) is 122 cm³/mol. The summed E-state index contributed by atoms with van der Waals surface area (Å²) in [7, 11) is 3.18. The first-order valence-corrected chi connectivity index (χ1v) is 10.1. The molecule has 9 heteroatoms. The van der Waals surface area contributed by atoms with Crippen molar-refractivity contribution in [3.8, 4) is 11.5 Å². The molecule has 1 unspecified atom stereocenters. The minimum atomic E-state index is -1.37. The van der Waals surface area contributed by atoms with E-state index in [4.69, 9.17) is 15.2 Å². The minimum Gasteiger partial charge on any atom is -0.497 e. The van der Waals surface area contributed by atoms with Crippen LogP contribution in [-0.4, -0.2) is 52.4 Å². The number of primary amides is 1. The smallest absolute Gasteiger partial charge is 0.250 e. The second kappa shape index (κ2) is 9.49. The first-order valence-electron chi connectivity index (χ1n) is 10.1. The van der Waals surface area contributed by atoms with Crippen molar-refractivity contribution in [3.05, 3.63) is 95.5 Å². The summed E-state index contributed by atoms with van der Waals surface area (Å²) in [5, 5.41) is 19.4. The summed E-state index contributed by atoms with van der Waals surface area (Å²) in [5.41, 5.74) is 7.58. The third kappa shape index (κ3) is 4.39. The molecular weight excluding hydrogens is 422 g/mol. The normalized spacial score (nSPS) is 15.6. The van der Waals surface area contributed by atoms with Crippen molar-refractivity contribution in [2.45, 2.75) is 12.3 Å². The highest BCUT2D eigenvalue weighted by Crippen LogP contribution is 2.36. The molecule has 1 amide bonds. The van der Waals surface area contributed by atoms with Gasteiger partial charge in [0.25, 0.3) is 5.91 Å². The molecule has 168 valence electrons. The zero-order valence-electron chi connectivity index (χ0n) is 18.1. The maximum absolute atomic E-state index is 12.1. The molecule has 3 aromatic rings. The van der Waals surface area contributed by atoms with Crippen molar-refractivity contribution in [2.24, 2.45) is 10.7 Å². The number of aromatic nitrogens is 2. The molecule has 0 saturated heterocycles. The Kier molecular flexibility index (Phi) is 6.32. The Hall–Kier alpha value is -4.24. The average Bonchev–Trinajstić information content (AvgIpc) is 2.86. The summed E-state index contributed by atoms with van der Waals surface area (Å²) in [6.07, 6.45) is 1.45. The Bertz CT molecular complexity index is 1130. The van der Waals surface area contributed by atoms with E-state index in [-0.39, 0.29) is 5.57 Å². The van der Waals surface area contributed by atoms with Crippen molar-refractivity contribution >= 4 is 11.7 Å². The van der Waals surface area contributed by atoms with E-state index in [2.05, 4.69) is 15.2 Å². The number of aliphatic hydroxyl groups is 1. The molecule has 1 aliphatic rings. The van der Waals surface area contributed by atoms with Crippen LogP contribution < -0.4 is 15.2 Å². The van der Waals surface area contributed by atoms with Crippen molar-refractivity contribution in [1.29, 1.82) is 0 Å². The Balaban J connectivity index is 1.90. The minimum absolute atomic E-state index is 0.0327. The van der Waals surface area contributed by atoms with Crippen molar-refractivity contribution < 1.29 is 19.4 Å². The van der Waals surface area contributed by atoms with Crippen LogP contribution in [0.5, 0.6) is 11.5 Å². The molecule has 0 radical (unpaired) electrons. The first-order chi connectivity index (χ1) is 16.0. The number of aliphatic imine (C=N–C) groups is 1. The van der Waals surface area contributed by atoms with Gasteiger partial charge < -0.3 is 25.2 Å². The number of rotatable bonds is 7. The summed E-state index contributed by atoms with van der Waals surface area (Å²) in [5.74, 6) is 0.953. The van der Waals surface area contributed by atoms with Crippen LogP contribution in [0, 0.1) is 0 Å². The highest BCUT2D eigenvalue weighted by molar-refractivity contribution is 6.02. The summed E-state index contributed by atoms with van der Waals surface area (Å²) >= 11 is 0. The van der Waals surface area contributed by atoms with E-state index >= 15 is 0 Å². The van der Waals surface area contributed by atoms with E-state index < -0.39 is 18.2 Å². The van der Waals surface area contributed by atoms with E-state index in [9.17, 15) is 9.90 Å². The zero-order chi connectivity index (χ0) is 23.4. The Morgan fingerprint density at radius 2 is 1.58 bits per heavy atom. The number of ether oxygens (including phenoxy) is 2. The highest BCUT2D eigenvalue weighted by atomic mass is 16.5. The zero-order valence-corrected chi connectivity index (χ0v) is 18.1. The molecule has 0 aliphatic carbocycles. The second-order valence-corrected chi connectivity index (χ2v) is 7.24. The number of carbonyl (C=O) groups excluding carboxylic acids is 1. The van der Waals surface area contributed by atoms with E-state index in [1.165, 1.54) is 6.20 Å². The van der Waals surface area contributed by atoms with Gasteiger partial charge in [-0.1, -0.05) is 24.3 Å². The Labute approximate surface area is 190 Å². The lowest BCUT2D eigenvalue weighted by atomic mass is 9.94. The summed E-state index contributed by atoms with van der Waals surface area (Å²) in [4.78, 5) is 18.1. The van der Waals surface area contributed by atoms with Crippen molar-refractivity contribution in [1.82, 2.24) is 15.1 Å². The van der Waals surface area contributed by atoms with Gasteiger partial charge in [0, 0.05) is 12.4 Å². The molecule has 0 spiro atoms. The van der Waals surface area contributed by atoms with Crippen LogP contribution in [-0.2, 0) is 4.79 Å². The Morgan fingerprint density at radius 3 is 2.03 bits per heavy atom. The van der Waals surface area contributed by atoms with E-state index in [1.54, 1.807) is 37.4 Å². The molecule has 0 bridgehead atoms. The quantitative estimate of drug-likeness (QED) is 0.570. The topological polar surface area (TPSA) is 123 Å². The van der Waals surface area contributed by atoms with Gasteiger partial charge in [0.2, 0.25) is 0 Å². The van der Waals surface area contributed by atoms with Crippen LogP contribution in [0.2, 0.25) is 0 Å². The van der Waals surface area contributed by atoms with Gasteiger partial charge in [0.05, 0.1) is 25.8 Å². The lowest BCUT2D eigenvalue weighted by molar-refractivity contribution is -0.116. The van der Waals surface area contributed by atoms with Crippen LogP contribution in [0.25, 0.3) is 0 Å². The number of nitrogens with two attached hydrogens (primary N) is 1. The fourth-order valence-electron chi connectivity index (χ4n) is 3.69. The van der Waals surface area contributed by atoms with Gasteiger partial charge in [-0.15, -0.1) is 5.10 Å². The molecule has 1 aliphatic heterocycles. The fraction of sp³-hybridized carbons (Fsp3) is 0.167.